The van der Waals surface area contributed by atoms with E-state index in [9.17, 15) is 9.59 Å². The monoisotopic (exact) mass is 532 g/mol. The Hall–Kier alpha value is -1.04. The van der Waals surface area contributed by atoms with Crippen LogP contribution in [0.25, 0.3) is 0 Å². The molecule has 0 aromatic carbocycles. The molecule has 0 aromatic rings. The molecule has 0 saturated carbocycles. The van der Waals surface area contributed by atoms with Gasteiger partial charge >= 0.3 is 12.1 Å². The predicted octanol–water partition coefficient (Wildman–Crippen LogP) is 9.02. The number of carbonyl (C=O) groups is 2. The Bertz CT molecular complexity index is 495. The van der Waals surface area contributed by atoms with Crippen molar-refractivity contribution >= 4 is 28.1 Å². The zero-order valence-corrected chi connectivity index (χ0v) is 22.9. The van der Waals surface area contributed by atoms with E-state index in [1.165, 1.54) is 70.6 Å². The molecule has 5 nitrogen and oxygen atoms in total. The molecule has 0 saturated heterocycles. The number of hydrogen-bond acceptors (Lipinski definition) is 5. The second-order valence-corrected chi connectivity index (χ2v) is 9.77. The van der Waals surface area contributed by atoms with Crippen molar-refractivity contribution in [2.45, 2.75) is 136 Å². The molecule has 194 valence electrons. The highest BCUT2D eigenvalue weighted by atomic mass is 79.9. The topological polar surface area (TPSA) is 61.8 Å². The first-order valence-corrected chi connectivity index (χ1v) is 14.4. The zero-order valence-electron chi connectivity index (χ0n) is 21.3. The normalized spacial score (nSPS) is 11.7. The summed E-state index contributed by atoms with van der Waals surface area (Å²) >= 11 is 3.36. The van der Waals surface area contributed by atoms with Crippen molar-refractivity contribution < 1.29 is 23.8 Å². The van der Waals surface area contributed by atoms with E-state index in [4.69, 9.17) is 14.2 Å². The number of hydrogen-bond donors (Lipinski definition) is 0. The molecule has 1 atom stereocenters. The van der Waals surface area contributed by atoms with Gasteiger partial charge in [-0.05, 0) is 26.2 Å². The number of unbranched alkanes of at least 4 members (excludes halogenated alkanes) is 15. The van der Waals surface area contributed by atoms with Gasteiger partial charge in [0.1, 0.15) is 0 Å². The van der Waals surface area contributed by atoms with E-state index >= 15 is 0 Å². The van der Waals surface area contributed by atoms with Gasteiger partial charge in [0.05, 0.1) is 6.61 Å². The van der Waals surface area contributed by atoms with E-state index < -0.39 is 18.4 Å². The van der Waals surface area contributed by atoms with Crippen molar-refractivity contribution in [3.05, 3.63) is 12.2 Å². The lowest BCUT2D eigenvalue weighted by Crippen LogP contribution is -2.26. The van der Waals surface area contributed by atoms with Gasteiger partial charge < -0.3 is 14.2 Å². The highest BCUT2D eigenvalue weighted by Gasteiger charge is 2.20. The Morgan fingerprint density at radius 2 is 1.21 bits per heavy atom. The maximum atomic E-state index is 11.9. The van der Waals surface area contributed by atoms with Gasteiger partial charge in [0, 0.05) is 17.3 Å². The molecule has 1 unspecified atom stereocenters. The van der Waals surface area contributed by atoms with Crippen LogP contribution in [0.5, 0.6) is 0 Å². The molecule has 0 N–H and O–H groups in total. The van der Waals surface area contributed by atoms with Crippen LogP contribution in [0.1, 0.15) is 129 Å². The largest absolute Gasteiger partial charge is 0.511 e. The van der Waals surface area contributed by atoms with Crippen molar-refractivity contribution in [1.82, 2.24) is 0 Å². The van der Waals surface area contributed by atoms with E-state index in [-0.39, 0.29) is 0 Å². The summed E-state index contributed by atoms with van der Waals surface area (Å²) in [6.07, 6.45) is 19.0. The molecule has 0 aliphatic rings. The van der Waals surface area contributed by atoms with Crippen LogP contribution in [0.3, 0.4) is 0 Å². The summed E-state index contributed by atoms with van der Waals surface area (Å²) in [5.41, 5.74) is 0.456. The van der Waals surface area contributed by atoms with Crippen molar-refractivity contribution in [2.24, 2.45) is 0 Å². The van der Waals surface area contributed by atoms with Crippen LogP contribution in [0.2, 0.25) is 0 Å². The van der Waals surface area contributed by atoms with E-state index in [0.717, 1.165) is 43.9 Å². The predicted molar refractivity (Wildman–Crippen MR) is 140 cm³/mol. The van der Waals surface area contributed by atoms with E-state index in [1.54, 1.807) is 6.92 Å². The summed E-state index contributed by atoms with van der Waals surface area (Å²) in [6, 6.07) is 0. The molecule has 0 aliphatic heterocycles. The highest BCUT2D eigenvalue weighted by Crippen LogP contribution is 2.14. The fraction of sp³-hybridized carbons (Fsp3) is 0.852. The number of rotatable bonds is 23. The summed E-state index contributed by atoms with van der Waals surface area (Å²) in [4.78, 5) is 23.8. The number of ether oxygens (including phenoxy) is 3. The molecule has 0 bridgehead atoms. The lowest BCUT2D eigenvalue weighted by atomic mass is 10.0. The van der Waals surface area contributed by atoms with Crippen LogP contribution >= 0.6 is 15.9 Å². The van der Waals surface area contributed by atoms with E-state index in [1.807, 2.05) is 0 Å². The van der Waals surface area contributed by atoms with Crippen LogP contribution in [0.15, 0.2) is 12.2 Å². The van der Waals surface area contributed by atoms with Crippen molar-refractivity contribution in [3.8, 4) is 0 Å². The first-order chi connectivity index (χ1) is 16.0. The summed E-state index contributed by atoms with van der Waals surface area (Å²) in [7, 11) is 0. The van der Waals surface area contributed by atoms with E-state index in [0.29, 0.717) is 18.6 Å². The number of alkyl halides is 1. The van der Waals surface area contributed by atoms with Crippen molar-refractivity contribution in [3.63, 3.8) is 0 Å². The molecule has 0 aromatic heterocycles. The van der Waals surface area contributed by atoms with Crippen molar-refractivity contribution in [1.29, 1.82) is 0 Å². The molecule has 6 heteroatoms. The molecule has 33 heavy (non-hydrogen) atoms. The number of carbonyl (C=O) groups excluding carboxylic acids is 2. The number of halogens is 1. The maximum Gasteiger partial charge on any atom is 0.511 e. The fourth-order valence-corrected chi connectivity index (χ4v) is 3.91. The average Bonchev–Trinajstić information content (AvgIpc) is 2.78. The summed E-state index contributed by atoms with van der Waals surface area (Å²) < 4.78 is 15.5. The second kappa shape index (κ2) is 24.1. The Morgan fingerprint density at radius 1 is 0.727 bits per heavy atom. The van der Waals surface area contributed by atoms with Crippen LogP contribution < -0.4 is 0 Å². The third-order valence-electron chi connectivity index (χ3n) is 5.58. The number of esters is 1. The van der Waals surface area contributed by atoms with Gasteiger partial charge in [-0.15, -0.1) is 0 Å². The van der Waals surface area contributed by atoms with Gasteiger partial charge in [-0.3, -0.25) is 4.79 Å². The second-order valence-electron chi connectivity index (χ2n) is 8.98. The van der Waals surface area contributed by atoms with E-state index in [2.05, 4.69) is 29.4 Å². The molecular weight excluding hydrogens is 484 g/mol. The van der Waals surface area contributed by atoms with Crippen LogP contribution in [0.4, 0.5) is 4.79 Å². The Morgan fingerprint density at radius 3 is 1.70 bits per heavy atom. The van der Waals surface area contributed by atoms with Crippen LogP contribution in [0, 0.1) is 0 Å². The third kappa shape index (κ3) is 22.5. The smallest absolute Gasteiger partial charge is 0.434 e. The lowest BCUT2D eigenvalue weighted by Gasteiger charge is -2.18. The minimum absolute atomic E-state index is 0.300. The highest BCUT2D eigenvalue weighted by molar-refractivity contribution is 9.09. The molecule has 0 heterocycles. The molecule has 0 amide bonds. The maximum absolute atomic E-state index is 11.9. The van der Waals surface area contributed by atoms with Gasteiger partial charge in [0.2, 0.25) is 0 Å². The molecular formula is C27H49BrO5. The minimum atomic E-state index is -1.09. The van der Waals surface area contributed by atoms with Crippen LogP contribution in [-0.4, -0.2) is 30.4 Å². The minimum Gasteiger partial charge on any atom is -0.434 e. The van der Waals surface area contributed by atoms with Gasteiger partial charge in [0.15, 0.2) is 0 Å². The first kappa shape index (κ1) is 32.0. The van der Waals surface area contributed by atoms with Gasteiger partial charge in [-0.25, -0.2) is 4.79 Å². The average molecular weight is 534 g/mol. The van der Waals surface area contributed by atoms with Gasteiger partial charge in [-0.1, -0.05) is 119 Å². The lowest BCUT2D eigenvalue weighted by molar-refractivity contribution is -0.165. The summed E-state index contributed by atoms with van der Waals surface area (Å²) in [5.74, 6) is -0.391. The molecule has 0 spiro atoms. The SMILES string of the molecule is C=C(C)C(OC(=O)CCCCCBr)OC(=O)OCCCCCCCCCCCCCCCC. The molecule has 0 radical (unpaired) electrons. The Kier molecular flexibility index (Phi) is 23.3. The van der Waals surface area contributed by atoms with Gasteiger partial charge in [0.25, 0.3) is 6.29 Å². The molecule has 0 aliphatic carbocycles. The first-order valence-electron chi connectivity index (χ1n) is 13.3. The van der Waals surface area contributed by atoms with Crippen molar-refractivity contribution in [2.75, 3.05) is 11.9 Å². The molecule has 0 rings (SSSR count). The Balaban J connectivity index is 3.63. The van der Waals surface area contributed by atoms with Gasteiger partial charge in [-0.2, -0.15) is 0 Å². The molecule has 0 fully saturated rings. The Labute approximate surface area is 211 Å². The zero-order chi connectivity index (χ0) is 24.6. The quantitative estimate of drug-likeness (QED) is 0.0431. The summed E-state index contributed by atoms with van der Waals surface area (Å²) in [5, 5.41) is 0.921. The fourth-order valence-electron chi connectivity index (χ4n) is 3.52. The summed E-state index contributed by atoms with van der Waals surface area (Å²) in [6.45, 7) is 7.97. The standard InChI is InChI=1S/C27H49BrO5/c1-4-5-6-7-8-9-10-11-12-13-14-15-16-20-23-31-27(30)33-26(24(2)3)32-25(29)21-18-17-19-22-28/h26H,2,4-23H2,1,3H3. The van der Waals surface area contributed by atoms with Crippen LogP contribution in [-0.2, 0) is 19.0 Å². The third-order valence-corrected chi connectivity index (χ3v) is 6.14.